The molecule has 1 aliphatic rings. The summed E-state index contributed by atoms with van der Waals surface area (Å²) in [5, 5.41) is 13.9. The molecule has 1 aromatic heterocycles. The van der Waals surface area contributed by atoms with Gasteiger partial charge in [-0.1, -0.05) is 0 Å². The maximum absolute atomic E-state index is 12.4. The van der Waals surface area contributed by atoms with Crippen LogP contribution < -0.4 is 11.1 Å². The smallest absolute Gasteiger partial charge is 0.407 e. The summed E-state index contributed by atoms with van der Waals surface area (Å²) in [6.45, 7) is 1.90. The molecule has 0 saturated carbocycles. The van der Waals surface area contributed by atoms with Gasteiger partial charge in [-0.3, -0.25) is 19.5 Å². The number of benzene rings is 1. The van der Waals surface area contributed by atoms with Crippen molar-refractivity contribution in [2.75, 3.05) is 20.1 Å². The maximum atomic E-state index is 12.4. The van der Waals surface area contributed by atoms with E-state index in [0.717, 1.165) is 25.9 Å². The molecular formula is C17H23ClN4O5. The predicted molar refractivity (Wildman–Crippen MR) is 102 cm³/mol. The number of fused-ring (bicyclic) bond motifs is 1. The van der Waals surface area contributed by atoms with Crippen LogP contribution >= 0.6 is 12.4 Å². The zero-order chi connectivity index (χ0) is 18.7. The van der Waals surface area contributed by atoms with Crippen molar-refractivity contribution in [3.8, 4) is 0 Å². The molecule has 1 atom stereocenters. The predicted octanol–water partition coefficient (Wildman–Crippen LogP) is 1.92. The number of nitrogens with zero attached hydrogens (tertiary/aromatic N) is 3. The molecule has 0 bridgehead atoms. The zero-order valence-electron chi connectivity index (χ0n) is 15.1. The number of likely N-dealkylation sites (N-methyl/N-ethyl adjacent to an activating group) is 1. The highest BCUT2D eigenvalue weighted by Gasteiger charge is 2.27. The summed E-state index contributed by atoms with van der Waals surface area (Å²) in [6.07, 6.45) is 2.89. The minimum absolute atomic E-state index is 0. The number of aryl methyl sites for hydroxylation is 1. The Morgan fingerprint density at radius 3 is 2.93 bits per heavy atom. The van der Waals surface area contributed by atoms with Crippen LogP contribution in [-0.2, 0) is 11.3 Å². The fourth-order valence-corrected chi connectivity index (χ4v) is 3.52. The second-order valence-electron chi connectivity index (χ2n) is 6.47. The molecule has 1 aromatic carbocycles. The SMILES string of the molecule is CNCC1CCCN1C(=O)CCCn1c(=O)oc2cc([N+](=O)[O-])ccc21.Cl. The summed E-state index contributed by atoms with van der Waals surface area (Å²) in [5.41, 5.74) is 0.560. The molecule has 3 rings (SSSR count). The van der Waals surface area contributed by atoms with E-state index in [0.29, 0.717) is 24.9 Å². The lowest BCUT2D eigenvalue weighted by atomic mass is 10.2. The van der Waals surface area contributed by atoms with Crippen molar-refractivity contribution in [1.29, 1.82) is 0 Å². The fraction of sp³-hybridized carbons (Fsp3) is 0.529. The summed E-state index contributed by atoms with van der Waals surface area (Å²) >= 11 is 0. The largest absolute Gasteiger partial charge is 0.419 e. The van der Waals surface area contributed by atoms with E-state index in [9.17, 15) is 19.7 Å². The Hall–Kier alpha value is -2.39. The van der Waals surface area contributed by atoms with Crippen LogP contribution in [0.4, 0.5) is 5.69 Å². The summed E-state index contributed by atoms with van der Waals surface area (Å²) in [7, 11) is 1.88. The second kappa shape index (κ2) is 9.01. The van der Waals surface area contributed by atoms with Gasteiger partial charge in [0.05, 0.1) is 16.5 Å². The van der Waals surface area contributed by atoms with E-state index in [2.05, 4.69) is 5.32 Å². The van der Waals surface area contributed by atoms with Crippen LogP contribution in [0.25, 0.3) is 11.1 Å². The first kappa shape index (κ1) is 20.9. The molecule has 2 heterocycles. The molecule has 1 unspecified atom stereocenters. The highest BCUT2D eigenvalue weighted by atomic mass is 35.5. The molecule has 1 fully saturated rings. The van der Waals surface area contributed by atoms with Gasteiger partial charge in [0, 0.05) is 38.2 Å². The average molecular weight is 399 g/mol. The van der Waals surface area contributed by atoms with Crippen LogP contribution in [0.5, 0.6) is 0 Å². The number of non-ortho nitro benzene ring substituents is 1. The van der Waals surface area contributed by atoms with Crippen LogP contribution in [0.15, 0.2) is 27.4 Å². The number of oxazole rings is 1. The normalized spacial score (nSPS) is 16.5. The number of hydrogen-bond acceptors (Lipinski definition) is 6. The van der Waals surface area contributed by atoms with Gasteiger partial charge in [-0.15, -0.1) is 12.4 Å². The van der Waals surface area contributed by atoms with Gasteiger partial charge in [-0.2, -0.15) is 0 Å². The minimum atomic E-state index is -0.567. The van der Waals surface area contributed by atoms with Crippen LogP contribution in [0, 0.1) is 10.1 Å². The van der Waals surface area contributed by atoms with Crippen molar-refractivity contribution >= 4 is 35.1 Å². The Kier molecular flexibility index (Phi) is 6.98. The molecule has 2 aromatic rings. The van der Waals surface area contributed by atoms with Crippen molar-refractivity contribution in [2.45, 2.75) is 38.3 Å². The Balaban J connectivity index is 0.00000261. The molecule has 1 aliphatic heterocycles. The highest BCUT2D eigenvalue weighted by Crippen LogP contribution is 2.21. The highest BCUT2D eigenvalue weighted by molar-refractivity contribution is 5.85. The molecule has 27 heavy (non-hydrogen) atoms. The van der Waals surface area contributed by atoms with E-state index >= 15 is 0 Å². The summed E-state index contributed by atoms with van der Waals surface area (Å²) in [4.78, 5) is 36.6. The first-order chi connectivity index (χ1) is 12.5. The van der Waals surface area contributed by atoms with E-state index in [1.165, 1.54) is 22.8 Å². The number of nitrogens with one attached hydrogen (secondary N) is 1. The van der Waals surface area contributed by atoms with Gasteiger partial charge in [0.15, 0.2) is 5.58 Å². The number of aromatic nitrogens is 1. The Morgan fingerprint density at radius 2 is 2.22 bits per heavy atom. The van der Waals surface area contributed by atoms with Gasteiger partial charge in [0.25, 0.3) is 5.69 Å². The second-order valence-corrected chi connectivity index (χ2v) is 6.47. The zero-order valence-corrected chi connectivity index (χ0v) is 15.9. The third kappa shape index (κ3) is 4.48. The van der Waals surface area contributed by atoms with Gasteiger partial charge in [-0.05, 0) is 32.4 Å². The standard InChI is InChI=1S/C17H22N4O5.ClH/c1-18-11-13-4-2-8-19(13)16(22)5-3-9-20-14-7-6-12(21(24)25)10-15(14)26-17(20)23;/h6-7,10,13,18H,2-5,8-9,11H2,1H3;1H. The van der Waals surface area contributed by atoms with Crippen molar-refractivity contribution < 1.29 is 14.1 Å². The molecular weight excluding hydrogens is 376 g/mol. The molecule has 1 N–H and O–H groups in total. The van der Waals surface area contributed by atoms with Crippen molar-refractivity contribution in [3.63, 3.8) is 0 Å². The Morgan fingerprint density at radius 1 is 1.44 bits per heavy atom. The summed E-state index contributed by atoms with van der Waals surface area (Å²) in [5.74, 6) is -0.471. The fourth-order valence-electron chi connectivity index (χ4n) is 3.52. The van der Waals surface area contributed by atoms with Crippen molar-refractivity contribution in [2.24, 2.45) is 0 Å². The Labute approximate surface area is 161 Å². The maximum Gasteiger partial charge on any atom is 0.419 e. The lowest BCUT2D eigenvalue weighted by Gasteiger charge is -2.24. The van der Waals surface area contributed by atoms with Gasteiger partial charge >= 0.3 is 5.76 Å². The minimum Gasteiger partial charge on any atom is -0.407 e. The monoisotopic (exact) mass is 398 g/mol. The number of nitro groups is 1. The number of carbonyl (C=O) groups is 1. The summed E-state index contributed by atoms with van der Waals surface area (Å²) < 4.78 is 6.51. The average Bonchev–Trinajstić information content (AvgIpc) is 3.19. The number of likely N-dealkylation sites (tertiary alicyclic amines) is 1. The van der Waals surface area contributed by atoms with Gasteiger partial charge < -0.3 is 14.6 Å². The number of halogens is 1. The lowest BCUT2D eigenvalue weighted by molar-refractivity contribution is -0.384. The van der Waals surface area contributed by atoms with Crippen molar-refractivity contribution in [1.82, 2.24) is 14.8 Å². The molecule has 10 heteroatoms. The number of hydrogen-bond donors (Lipinski definition) is 1. The number of nitro benzene ring substituents is 1. The molecule has 0 aliphatic carbocycles. The van der Waals surface area contributed by atoms with E-state index in [1.54, 1.807) is 0 Å². The van der Waals surface area contributed by atoms with E-state index < -0.39 is 10.7 Å². The van der Waals surface area contributed by atoms with Crippen LogP contribution in [0.1, 0.15) is 25.7 Å². The number of carbonyl (C=O) groups excluding carboxylic acids is 1. The lowest BCUT2D eigenvalue weighted by Crippen LogP contribution is -2.40. The molecule has 1 saturated heterocycles. The molecule has 0 spiro atoms. The third-order valence-corrected chi connectivity index (χ3v) is 4.77. The third-order valence-electron chi connectivity index (χ3n) is 4.77. The number of amides is 1. The molecule has 1 amide bonds. The van der Waals surface area contributed by atoms with E-state index in [1.807, 2.05) is 11.9 Å². The quantitative estimate of drug-likeness (QED) is 0.563. The van der Waals surface area contributed by atoms with Crippen LogP contribution in [-0.4, -0.2) is 46.5 Å². The summed E-state index contributed by atoms with van der Waals surface area (Å²) in [6, 6.07) is 4.32. The first-order valence-electron chi connectivity index (χ1n) is 8.73. The molecule has 0 radical (unpaired) electrons. The van der Waals surface area contributed by atoms with E-state index in [-0.39, 0.29) is 35.6 Å². The van der Waals surface area contributed by atoms with E-state index in [4.69, 9.17) is 4.42 Å². The number of rotatable bonds is 7. The first-order valence-corrected chi connectivity index (χ1v) is 8.73. The Bertz CT molecular complexity index is 878. The topological polar surface area (TPSA) is 111 Å². The molecule has 9 nitrogen and oxygen atoms in total. The molecule has 148 valence electrons. The van der Waals surface area contributed by atoms with Crippen LogP contribution in [0.2, 0.25) is 0 Å². The van der Waals surface area contributed by atoms with Gasteiger partial charge in [0.1, 0.15) is 0 Å². The van der Waals surface area contributed by atoms with Crippen molar-refractivity contribution in [3.05, 3.63) is 38.9 Å². The van der Waals surface area contributed by atoms with Gasteiger partial charge in [0.2, 0.25) is 5.91 Å². The van der Waals surface area contributed by atoms with Crippen LogP contribution in [0.3, 0.4) is 0 Å². The van der Waals surface area contributed by atoms with Gasteiger partial charge in [-0.25, -0.2) is 4.79 Å².